The van der Waals surface area contributed by atoms with Gasteiger partial charge in [-0.05, 0) is 32.9 Å². The van der Waals surface area contributed by atoms with Crippen LogP contribution in [0.2, 0.25) is 0 Å². The number of halogens is 1. The normalized spacial score (nSPS) is 10.6. The first-order valence-corrected chi connectivity index (χ1v) is 20.1. The molecule has 0 atom stereocenters. The van der Waals surface area contributed by atoms with Crippen molar-refractivity contribution in [2.75, 3.05) is 26.8 Å². The summed E-state index contributed by atoms with van der Waals surface area (Å²) in [4.78, 5) is 0. The topological polar surface area (TPSA) is 21.3 Å². The number of rotatable bonds is 36. The fourth-order valence-corrected chi connectivity index (χ4v) is 5.86. The van der Waals surface area contributed by atoms with Crippen LogP contribution in [0.25, 0.3) is 0 Å². The molecule has 0 aromatic carbocycles. The van der Waals surface area contributed by atoms with Crippen LogP contribution in [0.5, 0.6) is 0 Å². The van der Waals surface area contributed by atoms with Crippen LogP contribution in [-0.2, 0) is 4.74 Å². The molecule has 0 saturated heterocycles. The zero-order valence-corrected chi connectivity index (χ0v) is 31.6. The molecule has 2 nitrogen and oxygen atoms in total. The molecule has 0 unspecified atom stereocenters. The molecule has 0 aromatic heterocycles. The van der Waals surface area contributed by atoms with Gasteiger partial charge in [0.1, 0.15) is 0 Å². The third-order valence-corrected chi connectivity index (χ3v) is 8.78. The van der Waals surface area contributed by atoms with Gasteiger partial charge in [0.2, 0.25) is 0 Å². The predicted molar refractivity (Wildman–Crippen MR) is 209 cm³/mol. The number of hydrogen-bond donors (Lipinski definition) is 1. The maximum atomic E-state index is 5.87. The minimum atomic E-state index is 0. The molecule has 0 radical (unpaired) electrons. The summed E-state index contributed by atoms with van der Waals surface area (Å²) < 4.78 is 5.87. The van der Waals surface area contributed by atoms with Gasteiger partial charge in [-0.2, -0.15) is 0 Å². The van der Waals surface area contributed by atoms with Crippen LogP contribution < -0.4 is 5.32 Å². The van der Waals surface area contributed by atoms with Crippen LogP contribution in [0.3, 0.4) is 0 Å². The molecule has 0 fully saturated rings. The van der Waals surface area contributed by atoms with Gasteiger partial charge in [0, 0.05) is 13.2 Å². The second-order valence-electron chi connectivity index (χ2n) is 13.3. The molecule has 0 heterocycles. The first-order valence-electron chi connectivity index (χ1n) is 20.1. The first kappa shape index (κ1) is 52.0. The van der Waals surface area contributed by atoms with E-state index in [1.165, 1.54) is 212 Å². The van der Waals surface area contributed by atoms with Gasteiger partial charge < -0.3 is 10.1 Å². The van der Waals surface area contributed by atoms with Gasteiger partial charge in [-0.3, -0.25) is 0 Å². The van der Waals surface area contributed by atoms with Gasteiger partial charge >= 0.3 is 29.6 Å². The summed E-state index contributed by atoms with van der Waals surface area (Å²) in [5, 5.41) is 3.02. The van der Waals surface area contributed by atoms with Crippen molar-refractivity contribution in [3.05, 3.63) is 0 Å². The Morgan fingerprint density at radius 2 is 0.523 bits per heavy atom. The Morgan fingerprint density at radius 1 is 0.318 bits per heavy atom. The molecular weight excluding hydrogens is 569 g/mol. The second kappa shape index (κ2) is 53.7. The van der Waals surface area contributed by atoms with E-state index in [4.69, 9.17) is 4.74 Å². The SMILES string of the molecule is CCCCCCCCCCCCCCCCCCOCCCCCCCCCCCCCCCCCC.CCCNC.Cl.[NaH]. The van der Waals surface area contributed by atoms with E-state index in [1.807, 2.05) is 7.05 Å². The summed E-state index contributed by atoms with van der Waals surface area (Å²) in [6, 6.07) is 0. The molecule has 1 N–H and O–H groups in total. The zero-order valence-electron chi connectivity index (χ0n) is 30.8. The van der Waals surface area contributed by atoms with Gasteiger partial charge in [0.15, 0.2) is 0 Å². The molecule has 266 valence electrons. The van der Waals surface area contributed by atoms with Crippen molar-refractivity contribution in [2.24, 2.45) is 0 Å². The number of ether oxygens (including phenoxy) is 1. The molecular formula is C40H87ClNNaO. The third-order valence-electron chi connectivity index (χ3n) is 8.78. The van der Waals surface area contributed by atoms with E-state index in [0.29, 0.717) is 0 Å². The average molecular weight is 657 g/mol. The van der Waals surface area contributed by atoms with Crippen LogP contribution in [-0.4, -0.2) is 56.4 Å². The average Bonchev–Trinajstić information content (AvgIpc) is 3.00. The van der Waals surface area contributed by atoms with Crippen LogP contribution in [0.15, 0.2) is 0 Å². The van der Waals surface area contributed by atoms with E-state index in [1.54, 1.807) is 0 Å². The minimum absolute atomic E-state index is 0. The summed E-state index contributed by atoms with van der Waals surface area (Å²) in [6.07, 6.45) is 47.3. The van der Waals surface area contributed by atoms with E-state index in [-0.39, 0.29) is 42.0 Å². The summed E-state index contributed by atoms with van der Waals surface area (Å²) >= 11 is 0. The van der Waals surface area contributed by atoms with Crippen LogP contribution in [0.1, 0.15) is 233 Å². The second-order valence-corrected chi connectivity index (χ2v) is 13.3. The van der Waals surface area contributed by atoms with Crippen molar-refractivity contribution in [2.45, 2.75) is 233 Å². The monoisotopic (exact) mass is 656 g/mol. The number of hydrogen-bond acceptors (Lipinski definition) is 2. The van der Waals surface area contributed by atoms with Crippen molar-refractivity contribution in [1.29, 1.82) is 0 Å². The molecule has 0 saturated carbocycles. The van der Waals surface area contributed by atoms with Gasteiger partial charge in [-0.1, -0.05) is 213 Å². The van der Waals surface area contributed by atoms with Crippen LogP contribution in [0, 0.1) is 0 Å². The standard InChI is InChI=1S/C36H74O.C4H11N.ClH.Na.H/c1-3-5-7-9-11-13-15-17-19-21-23-25-27-29-31-33-35-37-36-34-32-30-28-26-24-22-20-18-16-14-12-10-8-6-4-2;1-3-4-5-2;;;/h3-36H2,1-2H3;5H,3-4H2,1-2H3;1H;;. The molecule has 0 aliphatic heterocycles. The maximum absolute atomic E-state index is 5.87. The van der Waals surface area contributed by atoms with E-state index in [9.17, 15) is 0 Å². The predicted octanol–water partition coefficient (Wildman–Crippen LogP) is 13.9. The van der Waals surface area contributed by atoms with E-state index in [0.717, 1.165) is 19.8 Å². The van der Waals surface area contributed by atoms with Crippen molar-refractivity contribution < 1.29 is 4.74 Å². The Kier molecular flexibility index (Phi) is 63.5. The Labute approximate surface area is 309 Å². The molecule has 0 amide bonds. The zero-order chi connectivity index (χ0) is 30.9. The molecule has 44 heavy (non-hydrogen) atoms. The van der Waals surface area contributed by atoms with Crippen LogP contribution >= 0.6 is 12.4 Å². The molecule has 0 bridgehead atoms. The summed E-state index contributed by atoms with van der Waals surface area (Å²) in [6.45, 7) is 9.89. The van der Waals surface area contributed by atoms with E-state index < -0.39 is 0 Å². The molecule has 4 heteroatoms. The fraction of sp³-hybridized carbons (Fsp3) is 1.00. The third kappa shape index (κ3) is 55.6. The van der Waals surface area contributed by atoms with Crippen molar-refractivity contribution in [3.8, 4) is 0 Å². The Balaban J connectivity index is -0.00000105. The summed E-state index contributed by atoms with van der Waals surface area (Å²) in [5.74, 6) is 0. The molecule has 0 aromatic rings. The molecule has 0 aliphatic carbocycles. The Hall–Kier alpha value is 1.21. The quantitative estimate of drug-likeness (QED) is 0.0535. The molecule has 0 spiro atoms. The van der Waals surface area contributed by atoms with E-state index in [2.05, 4.69) is 26.1 Å². The summed E-state index contributed by atoms with van der Waals surface area (Å²) in [5.41, 5.74) is 0. The first-order chi connectivity index (χ1) is 20.8. The van der Waals surface area contributed by atoms with E-state index >= 15 is 0 Å². The van der Waals surface area contributed by atoms with Crippen molar-refractivity contribution in [3.63, 3.8) is 0 Å². The molecule has 0 aliphatic rings. The van der Waals surface area contributed by atoms with Gasteiger partial charge in [0.05, 0.1) is 0 Å². The fourth-order valence-electron chi connectivity index (χ4n) is 5.86. The van der Waals surface area contributed by atoms with Gasteiger partial charge in [0.25, 0.3) is 0 Å². The van der Waals surface area contributed by atoms with Crippen LogP contribution in [0.4, 0.5) is 0 Å². The summed E-state index contributed by atoms with van der Waals surface area (Å²) in [7, 11) is 1.96. The number of unbranched alkanes of at least 4 members (excludes halogenated alkanes) is 30. The van der Waals surface area contributed by atoms with Crippen molar-refractivity contribution >= 4 is 42.0 Å². The van der Waals surface area contributed by atoms with Gasteiger partial charge in [-0.25, -0.2) is 0 Å². The van der Waals surface area contributed by atoms with Gasteiger partial charge in [-0.15, -0.1) is 12.4 Å². The number of nitrogens with one attached hydrogen (secondary N) is 1. The Morgan fingerprint density at radius 3 is 0.682 bits per heavy atom. The van der Waals surface area contributed by atoms with Crippen molar-refractivity contribution in [1.82, 2.24) is 5.32 Å². The molecule has 0 rings (SSSR count). The Bertz CT molecular complexity index is 390.